The monoisotopic (exact) mass is 900 g/mol. The molecule has 0 saturated heterocycles. The van der Waals surface area contributed by atoms with Gasteiger partial charge in [0.05, 0.1) is 14.7 Å². The first kappa shape index (κ1) is 48.9. The molecule has 14 nitrogen and oxygen atoms in total. The van der Waals surface area contributed by atoms with Crippen molar-refractivity contribution < 1.29 is 25.3 Å². The van der Waals surface area contributed by atoms with Crippen LogP contribution in [0.5, 0.6) is 0 Å². The molecule has 0 bridgehead atoms. The number of pyridine rings is 1. The summed E-state index contributed by atoms with van der Waals surface area (Å²) in [6.07, 6.45) is 4.50. The van der Waals surface area contributed by atoms with Crippen molar-refractivity contribution in [2.45, 2.75) is 107 Å². The number of benzene rings is 3. The zero-order chi connectivity index (χ0) is 46.1. The predicted octanol–water partition coefficient (Wildman–Crippen LogP) is 8.95. The molecular formula is C45H56N8O6S3. The smallest absolute Gasteiger partial charge is 0.263 e. The highest BCUT2D eigenvalue weighted by atomic mass is 32.2. The van der Waals surface area contributed by atoms with E-state index < -0.39 is 30.1 Å². The highest BCUT2D eigenvalue weighted by molar-refractivity contribution is 7.93. The zero-order valence-corrected chi connectivity index (χ0v) is 39.4. The topological polar surface area (TPSA) is 203 Å². The molecular weight excluding hydrogens is 845 g/mol. The predicted molar refractivity (Wildman–Crippen MR) is 246 cm³/mol. The van der Waals surface area contributed by atoms with E-state index in [9.17, 15) is 25.3 Å². The largest absolute Gasteiger partial charge is 0.264 e. The van der Waals surface area contributed by atoms with Crippen LogP contribution in [0, 0.1) is 13.8 Å². The lowest BCUT2D eigenvalue weighted by molar-refractivity contribution is 0.587. The van der Waals surface area contributed by atoms with Crippen LogP contribution in [0.2, 0.25) is 0 Å². The van der Waals surface area contributed by atoms with E-state index in [2.05, 4.69) is 101 Å². The summed E-state index contributed by atoms with van der Waals surface area (Å²) in [6, 6.07) is 29.1. The summed E-state index contributed by atoms with van der Waals surface area (Å²) in [5, 5.41) is 0. The molecule has 0 atom stereocenters. The first-order valence-corrected chi connectivity index (χ1v) is 24.0. The third kappa shape index (κ3) is 14.4. The van der Waals surface area contributed by atoms with E-state index in [0.717, 1.165) is 16.7 Å². The van der Waals surface area contributed by atoms with Gasteiger partial charge in [-0.3, -0.25) is 4.72 Å². The standard InChI is InChI=1S/C16H21N3O2S.C15H18N2O2S.C14H17N3O2S/c1-11-10-12(2)18-15(17-11)19-22(20,21)14-8-6-13(7-9-14)16(3,4)5;1-15(2,3)12-7-9-13(10-8-12)20(18,19)17-14-6-4-5-11-16-14;1-14(2,3)11-5-7-12(8-6-11)20(18,19)17-13-15-9-4-10-16-13/h6-10H,1-5H3,(H,17,18,19);4-11H,1-3H3,(H,16,17);4-10H,1-3H3,(H,15,16,17). The quantitative estimate of drug-likeness (QED) is 0.125. The van der Waals surface area contributed by atoms with Gasteiger partial charge < -0.3 is 0 Å². The van der Waals surface area contributed by atoms with Gasteiger partial charge in [0.15, 0.2) is 0 Å². The van der Waals surface area contributed by atoms with Crippen LogP contribution in [-0.2, 0) is 46.3 Å². The molecule has 0 aliphatic heterocycles. The van der Waals surface area contributed by atoms with E-state index >= 15 is 0 Å². The molecule has 0 saturated carbocycles. The van der Waals surface area contributed by atoms with Gasteiger partial charge in [-0.05, 0) is 107 Å². The van der Waals surface area contributed by atoms with Crippen LogP contribution in [0.25, 0.3) is 0 Å². The first-order chi connectivity index (χ1) is 28.7. The molecule has 0 unspecified atom stereocenters. The molecule has 330 valence electrons. The fourth-order valence-electron chi connectivity index (χ4n) is 5.50. The fraction of sp³-hybridized carbons (Fsp3) is 0.311. The third-order valence-electron chi connectivity index (χ3n) is 9.00. The van der Waals surface area contributed by atoms with Crippen molar-refractivity contribution in [1.29, 1.82) is 0 Å². The molecule has 3 heterocycles. The summed E-state index contributed by atoms with van der Waals surface area (Å²) >= 11 is 0. The van der Waals surface area contributed by atoms with Crippen molar-refractivity contribution in [1.82, 2.24) is 24.9 Å². The minimum atomic E-state index is -3.68. The Kier molecular flexibility index (Phi) is 15.4. The van der Waals surface area contributed by atoms with Gasteiger partial charge in [-0.1, -0.05) is 105 Å². The normalized spacial score (nSPS) is 12.2. The van der Waals surface area contributed by atoms with Crippen LogP contribution < -0.4 is 14.2 Å². The van der Waals surface area contributed by atoms with Crippen LogP contribution in [0.3, 0.4) is 0 Å². The van der Waals surface area contributed by atoms with Crippen molar-refractivity contribution >= 4 is 47.8 Å². The van der Waals surface area contributed by atoms with Crippen molar-refractivity contribution in [3.8, 4) is 0 Å². The highest BCUT2D eigenvalue weighted by Gasteiger charge is 2.21. The Morgan fingerprint density at radius 2 is 0.742 bits per heavy atom. The molecule has 0 amide bonds. The summed E-state index contributed by atoms with van der Waals surface area (Å²) in [6.45, 7) is 22.3. The summed E-state index contributed by atoms with van der Waals surface area (Å²) in [5.74, 6) is 0.470. The van der Waals surface area contributed by atoms with E-state index in [0.29, 0.717) is 17.2 Å². The van der Waals surface area contributed by atoms with Crippen molar-refractivity contribution in [3.05, 3.63) is 150 Å². The number of rotatable bonds is 9. The Balaban J connectivity index is 0.000000205. The molecule has 0 radical (unpaired) electrons. The second kappa shape index (κ2) is 19.5. The minimum Gasteiger partial charge on any atom is -0.263 e. The maximum Gasteiger partial charge on any atom is 0.264 e. The molecule has 6 aromatic rings. The van der Waals surface area contributed by atoms with Crippen molar-refractivity contribution in [3.63, 3.8) is 0 Å². The summed E-state index contributed by atoms with van der Waals surface area (Å²) in [4.78, 5) is 20.5. The van der Waals surface area contributed by atoms with Gasteiger partial charge in [-0.2, -0.15) is 0 Å². The number of sulfonamides is 3. The molecule has 17 heteroatoms. The Labute approximate surface area is 367 Å². The molecule has 3 aromatic carbocycles. The number of nitrogens with zero attached hydrogens (tertiary/aromatic N) is 5. The Bertz CT molecular complexity index is 2590. The molecule has 3 aromatic heterocycles. The number of hydrogen-bond acceptors (Lipinski definition) is 11. The minimum absolute atomic E-state index is 0.00327. The van der Waals surface area contributed by atoms with E-state index in [-0.39, 0.29) is 42.8 Å². The molecule has 62 heavy (non-hydrogen) atoms. The molecule has 6 rings (SSSR count). The van der Waals surface area contributed by atoms with E-state index in [1.165, 1.54) is 12.4 Å². The van der Waals surface area contributed by atoms with Gasteiger partial charge in [-0.25, -0.2) is 59.6 Å². The number of aryl methyl sites for hydroxylation is 2. The van der Waals surface area contributed by atoms with Crippen molar-refractivity contribution in [2.75, 3.05) is 14.2 Å². The van der Waals surface area contributed by atoms with E-state index in [1.807, 2.05) is 36.4 Å². The number of anilines is 3. The maximum absolute atomic E-state index is 12.4. The average Bonchev–Trinajstić information content (AvgIpc) is 3.17. The Morgan fingerprint density at radius 3 is 1.08 bits per heavy atom. The van der Waals surface area contributed by atoms with Gasteiger partial charge in [0.2, 0.25) is 11.9 Å². The van der Waals surface area contributed by atoms with Crippen LogP contribution in [0.15, 0.2) is 136 Å². The lowest BCUT2D eigenvalue weighted by Gasteiger charge is -2.19. The Hall–Kier alpha value is -5.78. The van der Waals surface area contributed by atoms with E-state index in [1.54, 1.807) is 86.8 Å². The van der Waals surface area contributed by atoms with Crippen molar-refractivity contribution in [2.24, 2.45) is 0 Å². The number of nitrogens with one attached hydrogen (secondary N) is 3. The zero-order valence-electron chi connectivity index (χ0n) is 37.0. The van der Waals surface area contributed by atoms with Gasteiger partial charge >= 0.3 is 0 Å². The van der Waals surface area contributed by atoms with Crippen LogP contribution in [-0.4, -0.2) is 50.2 Å². The molecule has 0 spiro atoms. The fourth-order valence-corrected chi connectivity index (χ4v) is 8.41. The SMILES string of the molecule is CC(C)(C)c1ccc(S(=O)(=O)Nc2ccccn2)cc1.CC(C)(C)c1ccc(S(=O)(=O)Nc2ncccn2)cc1.Cc1cc(C)nc(NS(=O)(=O)c2ccc(C(C)(C)C)cc2)n1. The first-order valence-electron chi connectivity index (χ1n) is 19.6. The van der Waals surface area contributed by atoms with E-state index in [4.69, 9.17) is 0 Å². The van der Waals surface area contributed by atoms with Crippen LogP contribution in [0.1, 0.15) is 90.4 Å². The van der Waals surface area contributed by atoms with Gasteiger partial charge in [-0.15, -0.1) is 0 Å². The van der Waals surface area contributed by atoms with Gasteiger partial charge in [0, 0.05) is 30.0 Å². The number of aromatic nitrogens is 5. The average molecular weight is 901 g/mol. The summed E-state index contributed by atoms with van der Waals surface area (Å²) < 4.78 is 80.8. The second-order valence-electron chi connectivity index (χ2n) is 17.4. The lowest BCUT2D eigenvalue weighted by Crippen LogP contribution is -2.16. The number of hydrogen-bond donors (Lipinski definition) is 3. The van der Waals surface area contributed by atoms with Gasteiger partial charge in [0.25, 0.3) is 30.1 Å². The molecule has 0 aliphatic carbocycles. The van der Waals surface area contributed by atoms with Crippen LogP contribution >= 0.6 is 0 Å². The van der Waals surface area contributed by atoms with Gasteiger partial charge in [0.1, 0.15) is 5.82 Å². The summed E-state index contributed by atoms with van der Waals surface area (Å²) in [5.41, 5.74) is 4.64. The molecule has 0 fully saturated rings. The Morgan fingerprint density at radius 1 is 0.403 bits per heavy atom. The molecule has 3 N–H and O–H groups in total. The van der Waals surface area contributed by atoms with Crippen LogP contribution in [0.4, 0.5) is 17.7 Å². The third-order valence-corrected chi connectivity index (χ3v) is 13.1. The molecule has 0 aliphatic rings. The highest BCUT2D eigenvalue weighted by Crippen LogP contribution is 2.26. The maximum atomic E-state index is 12.4. The second-order valence-corrected chi connectivity index (χ2v) is 22.4. The lowest BCUT2D eigenvalue weighted by atomic mass is 9.87. The summed E-state index contributed by atoms with van der Waals surface area (Å²) in [7, 11) is -10.9.